The number of benzene rings is 2. The topological polar surface area (TPSA) is 94.2 Å². The van der Waals surface area contributed by atoms with E-state index < -0.39 is 5.97 Å². The lowest BCUT2D eigenvalue weighted by Gasteiger charge is -2.13. The molecule has 0 bridgehead atoms. The number of hydrogen-bond donors (Lipinski definition) is 0. The van der Waals surface area contributed by atoms with Crippen LogP contribution < -0.4 is 15.0 Å². The molecule has 0 fully saturated rings. The molecule has 1 aromatic heterocycles. The third-order valence-electron chi connectivity index (χ3n) is 4.49. The van der Waals surface area contributed by atoms with Gasteiger partial charge in [-0.05, 0) is 53.9 Å². The molecule has 3 rings (SSSR count). The van der Waals surface area contributed by atoms with Gasteiger partial charge in [0, 0.05) is 19.0 Å². The molecule has 0 aliphatic heterocycles. The van der Waals surface area contributed by atoms with Gasteiger partial charge in [0.25, 0.3) is 5.56 Å². The molecular weight excluding hydrogens is 450 g/mol. The minimum Gasteiger partial charge on any atom is -0.490 e. The van der Waals surface area contributed by atoms with E-state index in [-0.39, 0.29) is 17.7 Å². The van der Waals surface area contributed by atoms with Crippen LogP contribution in [0.5, 0.6) is 11.5 Å². The number of aryl methyl sites for hydroxylation is 2. The van der Waals surface area contributed by atoms with Crippen LogP contribution in [-0.2, 0) is 11.3 Å². The van der Waals surface area contributed by atoms with Crippen molar-refractivity contribution in [1.82, 2.24) is 9.55 Å². The molecule has 0 radical (unpaired) electrons. The normalized spacial score (nSPS) is 10.6. The van der Waals surface area contributed by atoms with Gasteiger partial charge in [-0.3, -0.25) is 14.2 Å². The fourth-order valence-electron chi connectivity index (χ4n) is 3.05. The van der Waals surface area contributed by atoms with E-state index in [0.29, 0.717) is 46.3 Å². The summed E-state index contributed by atoms with van der Waals surface area (Å²) >= 11 is 3.32. The summed E-state index contributed by atoms with van der Waals surface area (Å²) in [6.07, 6.45) is 2.03. The lowest BCUT2D eigenvalue weighted by molar-refractivity contribution is -0.134. The van der Waals surface area contributed by atoms with Crippen molar-refractivity contribution in [1.29, 1.82) is 5.26 Å². The third kappa shape index (κ3) is 4.69. The van der Waals surface area contributed by atoms with Gasteiger partial charge in [0.2, 0.25) is 0 Å². The second-order valence-electron chi connectivity index (χ2n) is 6.62. The summed E-state index contributed by atoms with van der Waals surface area (Å²) < 4.78 is 12.9. The molecular formula is C22H20BrN3O4. The molecule has 0 aliphatic carbocycles. The van der Waals surface area contributed by atoms with Gasteiger partial charge in [0.1, 0.15) is 0 Å². The van der Waals surface area contributed by atoms with Gasteiger partial charge in [-0.2, -0.15) is 5.26 Å². The van der Waals surface area contributed by atoms with E-state index in [0.717, 1.165) is 5.56 Å². The molecule has 30 heavy (non-hydrogen) atoms. The van der Waals surface area contributed by atoms with Crippen molar-refractivity contribution in [2.45, 2.75) is 33.2 Å². The van der Waals surface area contributed by atoms with Crippen molar-refractivity contribution in [2.24, 2.45) is 0 Å². The zero-order chi connectivity index (χ0) is 21.7. The van der Waals surface area contributed by atoms with Crippen LogP contribution in [0.3, 0.4) is 0 Å². The third-order valence-corrected chi connectivity index (χ3v) is 5.08. The van der Waals surface area contributed by atoms with E-state index in [2.05, 4.69) is 20.9 Å². The van der Waals surface area contributed by atoms with Crippen molar-refractivity contribution in [3.63, 3.8) is 0 Å². The first-order valence-corrected chi connectivity index (χ1v) is 10.3. The first-order chi connectivity index (χ1) is 14.4. The van der Waals surface area contributed by atoms with Crippen LogP contribution in [0.1, 0.15) is 30.9 Å². The Morgan fingerprint density at radius 2 is 2.13 bits per heavy atom. The molecule has 0 amide bonds. The molecule has 0 aliphatic rings. The lowest BCUT2D eigenvalue weighted by atomic mass is 10.1. The maximum atomic E-state index is 12.6. The second kappa shape index (κ2) is 9.55. The van der Waals surface area contributed by atoms with Gasteiger partial charge < -0.3 is 9.47 Å². The number of carbonyl (C=O) groups is 1. The Kier molecular flexibility index (Phi) is 6.85. The number of fused-ring (bicyclic) bond motifs is 1. The summed E-state index contributed by atoms with van der Waals surface area (Å²) in [5.41, 5.74) is 1.89. The average Bonchev–Trinajstić information content (AvgIpc) is 2.72. The summed E-state index contributed by atoms with van der Waals surface area (Å²) in [5.74, 6) is 0.0990. The monoisotopic (exact) mass is 469 g/mol. The van der Waals surface area contributed by atoms with Gasteiger partial charge in [0.15, 0.2) is 11.5 Å². The quantitative estimate of drug-likeness (QED) is 0.381. The predicted molar refractivity (Wildman–Crippen MR) is 116 cm³/mol. The van der Waals surface area contributed by atoms with Crippen LogP contribution in [0.4, 0.5) is 0 Å². The van der Waals surface area contributed by atoms with Gasteiger partial charge in [0.05, 0.1) is 39.9 Å². The van der Waals surface area contributed by atoms with Gasteiger partial charge in [-0.1, -0.05) is 12.1 Å². The highest BCUT2D eigenvalue weighted by Gasteiger charge is 2.16. The molecule has 0 N–H and O–H groups in total. The molecule has 1 heterocycles. The summed E-state index contributed by atoms with van der Waals surface area (Å²) in [6.45, 7) is 4.42. The van der Waals surface area contributed by atoms with Crippen molar-refractivity contribution in [3.8, 4) is 17.6 Å². The molecule has 0 saturated heterocycles. The van der Waals surface area contributed by atoms with Crippen molar-refractivity contribution in [3.05, 3.63) is 62.6 Å². The second-order valence-corrected chi connectivity index (χ2v) is 7.48. The Bertz CT molecular complexity index is 1200. The van der Waals surface area contributed by atoms with Crippen LogP contribution in [0.2, 0.25) is 0 Å². The van der Waals surface area contributed by atoms with Crippen molar-refractivity contribution < 1.29 is 14.3 Å². The Morgan fingerprint density at radius 3 is 2.87 bits per heavy atom. The molecule has 0 unspecified atom stereocenters. The SMILES string of the molecule is CCOc1cc(C#N)cc(Br)c1OC(=O)CCCn1cnc2c(C)cccc2c1=O. The maximum Gasteiger partial charge on any atom is 0.311 e. The average molecular weight is 470 g/mol. The van der Waals surface area contributed by atoms with E-state index in [1.165, 1.54) is 17.0 Å². The Hall–Kier alpha value is -3.18. The van der Waals surface area contributed by atoms with Gasteiger partial charge in [-0.25, -0.2) is 4.98 Å². The van der Waals surface area contributed by atoms with Crippen LogP contribution >= 0.6 is 15.9 Å². The fourth-order valence-corrected chi connectivity index (χ4v) is 3.57. The molecule has 0 spiro atoms. The number of carbonyl (C=O) groups excluding carboxylic acids is 1. The van der Waals surface area contributed by atoms with Crippen LogP contribution in [0, 0.1) is 18.3 Å². The number of ether oxygens (including phenoxy) is 2. The van der Waals surface area contributed by atoms with E-state index in [9.17, 15) is 9.59 Å². The Balaban J connectivity index is 1.68. The number of rotatable bonds is 7. The highest BCUT2D eigenvalue weighted by atomic mass is 79.9. The van der Waals surface area contributed by atoms with E-state index >= 15 is 0 Å². The summed E-state index contributed by atoms with van der Waals surface area (Å²) in [5, 5.41) is 9.65. The predicted octanol–water partition coefficient (Wildman–Crippen LogP) is 4.12. The molecule has 2 aromatic carbocycles. The highest BCUT2D eigenvalue weighted by molar-refractivity contribution is 9.10. The van der Waals surface area contributed by atoms with E-state index in [1.807, 2.05) is 25.1 Å². The molecule has 8 heteroatoms. The number of aromatic nitrogens is 2. The highest BCUT2D eigenvalue weighted by Crippen LogP contribution is 2.37. The number of halogens is 1. The van der Waals surface area contributed by atoms with Crippen LogP contribution in [0.25, 0.3) is 10.9 Å². The number of para-hydroxylation sites is 1. The largest absolute Gasteiger partial charge is 0.490 e. The molecule has 0 atom stereocenters. The smallest absolute Gasteiger partial charge is 0.311 e. The van der Waals surface area contributed by atoms with Crippen molar-refractivity contribution in [2.75, 3.05) is 6.61 Å². The fraction of sp³-hybridized carbons (Fsp3) is 0.273. The lowest BCUT2D eigenvalue weighted by Crippen LogP contribution is -2.21. The Morgan fingerprint density at radius 1 is 1.33 bits per heavy atom. The first-order valence-electron chi connectivity index (χ1n) is 9.46. The summed E-state index contributed by atoms with van der Waals surface area (Å²) in [4.78, 5) is 29.3. The zero-order valence-electron chi connectivity index (χ0n) is 16.6. The van der Waals surface area contributed by atoms with Crippen molar-refractivity contribution >= 4 is 32.8 Å². The maximum absolute atomic E-state index is 12.6. The number of nitrogens with zero attached hydrogens (tertiary/aromatic N) is 3. The van der Waals surface area contributed by atoms with E-state index in [1.54, 1.807) is 19.1 Å². The first kappa shape index (κ1) is 21.5. The summed E-state index contributed by atoms with van der Waals surface area (Å²) in [6, 6.07) is 10.6. The van der Waals surface area contributed by atoms with Gasteiger partial charge >= 0.3 is 5.97 Å². The van der Waals surface area contributed by atoms with Gasteiger partial charge in [-0.15, -0.1) is 0 Å². The van der Waals surface area contributed by atoms with E-state index in [4.69, 9.17) is 14.7 Å². The number of hydrogen-bond acceptors (Lipinski definition) is 6. The number of esters is 1. The number of nitriles is 1. The molecule has 3 aromatic rings. The molecule has 154 valence electrons. The van der Waals surface area contributed by atoms with Crippen LogP contribution in [0.15, 0.2) is 45.9 Å². The molecule has 7 nitrogen and oxygen atoms in total. The molecule has 0 saturated carbocycles. The zero-order valence-corrected chi connectivity index (χ0v) is 18.2. The minimum atomic E-state index is -0.459. The summed E-state index contributed by atoms with van der Waals surface area (Å²) in [7, 11) is 0. The standard InChI is InChI=1S/C22H20BrN3O4/c1-3-29-18-11-15(12-24)10-17(23)21(18)30-19(27)8-5-9-26-13-25-20-14(2)6-4-7-16(20)22(26)28/h4,6-7,10-11,13H,3,5,8-9H2,1-2H3. The Labute approximate surface area is 182 Å². The van der Waals surface area contributed by atoms with Crippen LogP contribution in [-0.4, -0.2) is 22.1 Å². The minimum absolute atomic E-state index is 0.107.